The number of phenols is 1. The molecule has 2 fully saturated rings. The zero-order valence-corrected chi connectivity index (χ0v) is 18.2. The molecule has 0 radical (unpaired) electrons. The number of alkyl halides is 1. The molecule has 1 aromatic carbocycles. The number of hydrogen-bond acceptors (Lipinski definition) is 5. The van der Waals surface area contributed by atoms with Crippen molar-refractivity contribution < 1.29 is 9.50 Å². The van der Waals surface area contributed by atoms with Gasteiger partial charge >= 0.3 is 0 Å². The topological polar surface area (TPSA) is 85.0 Å². The molecule has 1 aromatic heterocycles. The van der Waals surface area contributed by atoms with Gasteiger partial charge in [-0.1, -0.05) is 26.0 Å². The molecule has 6 atom stereocenters. The van der Waals surface area contributed by atoms with Gasteiger partial charge in [-0.2, -0.15) is 0 Å². The number of aromatic nitrogens is 2. The molecule has 5 N–H and O–H groups in total. The van der Waals surface area contributed by atoms with Crippen LogP contribution >= 0.6 is 0 Å². The third kappa shape index (κ3) is 3.69. The van der Waals surface area contributed by atoms with Crippen LogP contribution in [0.3, 0.4) is 0 Å². The Labute approximate surface area is 182 Å². The van der Waals surface area contributed by atoms with Crippen molar-refractivity contribution in [3.05, 3.63) is 53.1 Å². The van der Waals surface area contributed by atoms with Gasteiger partial charge in [-0.15, -0.1) is 0 Å². The molecule has 3 aliphatic rings. The average molecular weight is 426 g/mol. The van der Waals surface area contributed by atoms with E-state index in [4.69, 9.17) is 0 Å². The molecule has 166 valence electrons. The Morgan fingerprint density at radius 3 is 2.84 bits per heavy atom. The average Bonchev–Trinajstić information content (AvgIpc) is 3.52. The molecule has 0 bridgehead atoms. The number of hydrazine groups is 1. The van der Waals surface area contributed by atoms with Crippen molar-refractivity contribution >= 4 is 5.57 Å². The number of fused-ring (bicyclic) bond motifs is 1. The lowest BCUT2D eigenvalue weighted by molar-refractivity contribution is 0.135. The van der Waals surface area contributed by atoms with Gasteiger partial charge in [0, 0.05) is 24.4 Å². The number of aryl methyl sites for hydroxylation is 1. The first-order valence-electron chi connectivity index (χ1n) is 11.5. The van der Waals surface area contributed by atoms with Crippen LogP contribution in [-0.2, 0) is 6.42 Å². The predicted octanol–water partition coefficient (Wildman–Crippen LogP) is 3.49. The van der Waals surface area contributed by atoms with E-state index in [1.807, 2.05) is 12.3 Å². The lowest BCUT2D eigenvalue weighted by Gasteiger charge is -2.36. The molecule has 2 aliphatic heterocycles. The van der Waals surface area contributed by atoms with Crippen LogP contribution < -0.4 is 16.2 Å². The van der Waals surface area contributed by atoms with E-state index in [1.165, 1.54) is 5.57 Å². The van der Waals surface area contributed by atoms with Crippen LogP contribution in [0.2, 0.25) is 0 Å². The number of H-pyrrole nitrogens is 1. The summed E-state index contributed by atoms with van der Waals surface area (Å²) in [7, 11) is 0. The summed E-state index contributed by atoms with van der Waals surface area (Å²) in [6, 6.07) is 5.49. The zero-order valence-electron chi connectivity index (χ0n) is 18.2. The Morgan fingerprint density at radius 1 is 1.19 bits per heavy atom. The highest BCUT2D eigenvalue weighted by Gasteiger charge is 2.48. The van der Waals surface area contributed by atoms with Crippen molar-refractivity contribution in [1.29, 1.82) is 0 Å². The summed E-state index contributed by atoms with van der Waals surface area (Å²) in [5.41, 5.74) is 10.9. The largest absolute Gasteiger partial charge is 0.508 e. The molecule has 6 unspecified atom stereocenters. The van der Waals surface area contributed by atoms with Gasteiger partial charge in [0.25, 0.3) is 0 Å². The van der Waals surface area contributed by atoms with Gasteiger partial charge in [-0.05, 0) is 54.5 Å². The minimum atomic E-state index is -0.993. The predicted molar refractivity (Wildman–Crippen MR) is 119 cm³/mol. The second kappa shape index (κ2) is 8.37. The summed E-state index contributed by atoms with van der Waals surface area (Å²) >= 11 is 0. The van der Waals surface area contributed by atoms with Gasteiger partial charge in [-0.25, -0.2) is 14.8 Å². The van der Waals surface area contributed by atoms with Crippen LogP contribution in [0, 0.1) is 5.92 Å². The third-order valence-electron chi connectivity index (χ3n) is 7.37. The zero-order chi connectivity index (χ0) is 21.5. The van der Waals surface area contributed by atoms with Gasteiger partial charge < -0.3 is 15.4 Å². The van der Waals surface area contributed by atoms with Crippen LogP contribution in [0.4, 0.5) is 4.39 Å². The normalized spacial score (nSPS) is 32.8. The molecule has 5 rings (SSSR count). The Morgan fingerprint density at radius 2 is 2.06 bits per heavy atom. The molecule has 3 heterocycles. The number of imidazole rings is 1. The summed E-state index contributed by atoms with van der Waals surface area (Å²) in [4.78, 5) is 8.13. The molecule has 1 saturated carbocycles. The SMILES string of the molecule is CCc1cc(O)ccc1C1CCC2C(c3ncc(C4=CC(CC)NC4)[nH]3)NNC2C1F. The van der Waals surface area contributed by atoms with E-state index < -0.39 is 6.17 Å². The maximum absolute atomic E-state index is 15.7. The molecule has 1 saturated heterocycles. The van der Waals surface area contributed by atoms with E-state index in [1.54, 1.807) is 12.1 Å². The molecule has 2 aromatic rings. The van der Waals surface area contributed by atoms with Gasteiger partial charge in [0.2, 0.25) is 0 Å². The molecule has 7 heteroatoms. The summed E-state index contributed by atoms with van der Waals surface area (Å²) in [6.45, 7) is 5.08. The van der Waals surface area contributed by atoms with Crippen molar-refractivity contribution in [3.63, 3.8) is 0 Å². The Kier molecular flexibility index (Phi) is 5.58. The van der Waals surface area contributed by atoms with E-state index >= 15 is 4.39 Å². The highest BCUT2D eigenvalue weighted by molar-refractivity contribution is 5.66. The summed E-state index contributed by atoms with van der Waals surface area (Å²) in [5.74, 6) is 1.11. The standard InChI is InChI=1S/C24H32FN5O/c1-3-13-10-16(31)5-6-17(13)18-7-8-19-22(21(18)25)29-30-23(19)24-27-12-20(28-24)14-9-15(4-2)26-11-14/h5-6,9-10,12,15,18-19,21-23,26,29-31H,3-4,7-8,11H2,1-2H3,(H,27,28). The first-order valence-corrected chi connectivity index (χ1v) is 11.5. The smallest absolute Gasteiger partial charge is 0.125 e. The van der Waals surface area contributed by atoms with Gasteiger partial charge in [0.05, 0.1) is 24.0 Å². The van der Waals surface area contributed by atoms with Crippen molar-refractivity contribution in [3.8, 4) is 5.75 Å². The molecule has 0 amide bonds. The monoisotopic (exact) mass is 425 g/mol. The van der Waals surface area contributed by atoms with E-state index in [-0.39, 0.29) is 29.7 Å². The second-order valence-electron chi connectivity index (χ2n) is 9.09. The molecular formula is C24H32FN5O. The minimum absolute atomic E-state index is 0.0275. The maximum atomic E-state index is 15.7. The Bertz CT molecular complexity index is 973. The van der Waals surface area contributed by atoms with Crippen molar-refractivity contribution in [2.24, 2.45) is 5.92 Å². The fraction of sp³-hybridized carbons (Fsp3) is 0.542. The fourth-order valence-corrected chi connectivity index (χ4v) is 5.62. The molecule has 6 nitrogen and oxygen atoms in total. The molecular weight excluding hydrogens is 393 g/mol. The number of phenolic OH excluding ortho intramolecular Hbond substituents is 1. The molecule has 31 heavy (non-hydrogen) atoms. The van der Waals surface area contributed by atoms with E-state index in [9.17, 15) is 5.11 Å². The number of hydrogen-bond donors (Lipinski definition) is 5. The van der Waals surface area contributed by atoms with Crippen molar-refractivity contribution in [2.45, 2.75) is 69.7 Å². The van der Waals surface area contributed by atoms with Crippen LogP contribution in [-0.4, -0.2) is 39.9 Å². The van der Waals surface area contributed by atoms with E-state index in [0.29, 0.717) is 6.04 Å². The van der Waals surface area contributed by atoms with Gasteiger partial charge in [0.1, 0.15) is 17.7 Å². The third-order valence-corrected chi connectivity index (χ3v) is 7.37. The molecule has 0 spiro atoms. The number of rotatable bonds is 5. The maximum Gasteiger partial charge on any atom is 0.125 e. The lowest BCUT2D eigenvalue weighted by atomic mass is 9.71. The lowest BCUT2D eigenvalue weighted by Crippen LogP contribution is -2.45. The first-order chi connectivity index (χ1) is 15.1. The van der Waals surface area contributed by atoms with Gasteiger partial charge in [-0.3, -0.25) is 5.43 Å². The quantitative estimate of drug-likeness (QED) is 0.506. The highest BCUT2D eigenvalue weighted by Crippen LogP contribution is 2.45. The minimum Gasteiger partial charge on any atom is -0.508 e. The van der Waals surface area contributed by atoms with Crippen LogP contribution in [0.15, 0.2) is 30.5 Å². The molecule has 1 aliphatic carbocycles. The van der Waals surface area contributed by atoms with Crippen LogP contribution in [0.1, 0.15) is 67.7 Å². The number of aromatic amines is 1. The summed E-state index contributed by atoms with van der Waals surface area (Å²) in [5, 5.41) is 13.3. The summed E-state index contributed by atoms with van der Waals surface area (Å²) in [6.07, 6.45) is 6.75. The number of aromatic hydroxyl groups is 1. The number of nitrogens with one attached hydrogen (secondary N) is 4. The Hall–Kier alpha value is -2.22. The van der Waals surface area contributed by atoms with E-state index in [0.717, 1.165) is 54.9 Å². The van der Waals surface area contributed by atoms with Crippen molar-refractivity contribution in [1.82, 2.24) is 26.1 Å². The Balaban J connectivity index is 1.33. The number of nitrogens with zero attached hydrogens (tertiary/aromatic N) is 1. The fourth-order valence-electron chi connectivity index (χ4n) is 5.62. The number of halogens is 1. The number of benzene rings is 1. The second-order valence-corrected chi connectivity index (χ2v) is 9.09. The highest BCUT2D eigenvalue weighted by atomic mass is 19.1. The van der Waals surface area contributed by atoms with Gasteiger partial charge in [0.15, 0.2) is 0 Å². The van der Waals surface area contributed by atoms with E-state index in [2.05, 4.69) is 46.1 Å². The van der Waals surface area contributed by atoms with Crippen LogP contribution in [0.25, 0.3) is 5.57 Å². The van der Waals surface area contributed by atoms with Crippen LogP contribution in [0.5, 0.6) is 5.75 Å². The first kappa shape index (κ1) is 20.7. The summed E-state index contributed by atoms with van der Waals surface area (Å²) < 4.78 is 15.7. The van der Waals surface area contributed by atoms with Crippen molar-refractivity contribution in [2.75, 3.05) is 6.54 Å².